The number of amides is 1. The van der Waals surface area contributed by atoms with Crippen LogP contribution in [0.5, 0.6) is 0 Å². The van der Waals surface area contributed by atoms with E-state index in [1.807, 2.05) is 17.5 Å². The Morgan fingerprint density at radius 1 is 1.65 bits per heavy atom. The minimum atomic E-state index is -0.808. The molecule has 1 aromatic heterocycles. The number of nitrogens with two attached hydrogens (primary N) is 1. The molecule has 2 N–H and O–H groups in total. The third-order valence-corrected chi connectivity index (χ3v) is 3.73. The van der Waals surface area contributed by atoms with Crippen molar-refractivity contribution in [3.63, 3.8) is 0 Å². The number of ether oxygens (including phenoxy) is 1. The highest BCUT2D eigenvalue weighted by Crippen LogP contribution is 2.26. The van der Waals surface area contributed by atoms with Crippen molar-refractivity contribution in [1.82, 2.24) is 4.90 Å². The Bertz CT molecular complexity index is 384. The van der Waals surface area contributed by atoms with Crippen molar-refractivity contribution in [2.45, 2.75) is 25.5 Å². The van der Waals surface area contributed by atoms with Crippen LogP contribution < -0.4 is 5.73 Å². The number of nitrogens with zero attached hydrogens (tertiary/aromatic N) is 1. The third kappa shape index (κ3) is 2.86. The monoisotopic (exact) mass is 254 g/mol. The van der Waals surface area contributed by atoms with E-state index in [0.29, 0.717) is 19.7 Å². The van der Waals surface area contributed by atoms with Gasteiger partial charge in [-0.3, -0.25) is 4.79 Å². The smallest absolute Gasteiger partial charge is 0.242 e. The third-order valence-electron chi connectivity index (χ3n) is 2.77. The number of thiophene rings is 1. The SMILES string of the molecule is CC(C)(N)C(=O)N1CCOC(c2cccs2)C1. The van der Waals surface area contributed by atoms with Crippen LogP contribution in [0.2, 0.25) is 0 Å². The second kappa shape index (κ2) is 4.76. The van der Waals surface area contributed by atoms with Gasteiger partial charge in [-0.15, -0.1) is 11.3 Å². The molecule has 5 heteroatoms. The first-order chi connectivity index (χ1) is 7.98. The van der Waals surface area contributed by atoms with E-state index in [9.17, 15) is 4.79 Å². The van der Waals surface area contributed by atoms with Crippen LogP contribution >= 0.6 is 11.3 Å². The molecule has 1 aliphatic rings. The zero-order valence-corrected chi connectivity index (χ0v) is 11.0. The molecule has 2 heterocycles. The first-order valence-corrected chi connectivity index (χ1v) is 6.59. The van der Waals surface area contributed by atoms with E-state index in [1.54, 1.807) is 30.1 Å². The van der Waals surface area contributed by atoms with Gasteiger partial charge in [0.05, 0.1) is 18.7 Å². The topological polar surface area (TPSA) is 55.6 Å². The van der Waals surface area contributed by atoms with Gasteiger partial charge in [0.15, 0.2) is 0 Å². The zero-order valence-electron chi connectivity index (χ0n) is 10.2. The van der Waals surface area contributed by atoms with Crippen molar-refractivity contribution < 1.29 is 9.53 Å². The maximum Gasteiger partial charge on any atom is 0.242 e. The van der Waals surface area contributed by atoms with Gasteiger partial charge in [-0.05, 0) is 25.3 Å². The van der Waals surface area contributed by atoms with Crippen molar-refractivity contribution in [2.24, 2.45) is 5.73 Å². The molecule has 1 unspecified atom stereocenters. The standard InChI is InChI=1S/C12H18N2O2S/c1-12(2,13)11(15)14-5-6-16-9(8-14)10-4-3-7-17-10/h3-4,7,9H,5-6,8,13H2,1-2H3. The summed E-state index contributed by atoms with van der Waals surface area (Å²) in [5.74, 6) is -0.0117. The Morgan fingerprint density at radius 3 is 3.00 bits per heavy atom. The molecule has 0 aromatic carbocycles. The summed E-state index contributed by atoms with van der Waals surface area (Å²) in [6.45, 7) is 5.28. The average Bonchev–Trinajstić information content (AvgIpc) is 2.80. The van der Waals surface area contributed by atoms with E-state index < -0.39 is 5.54 Å². The summed E-state index contributed by atoms with van der Waals surface area (Å²) >= 11 is 1.66. The molecule has 4 nitrogen and oxygen atoms in total. The fourth-order valence-electron chi connectivity index (χ4n) is 1.89. The minimum absolute atomic E-state index is 0.00458. The van der Waals surface area contributed by atoms with Gasteiger partial charge in [-0.1, -0.05) is 6.07 Å². The maximum atomic E-state index is 12.1. The Morgan fingerprint density at radius 2 is 2.41 bits per heavy atom. The van der Waals surface area contributed by atoms with Crippen LogP contribution in [0.3, 0.4) is 0 Å². The zero-order chi connectivity index (χ0) is 12.5. The second-order valence-electron chi connectivity index (χ2n) is 4.85. The number of carbonyl (C=O) groups is 1. The molecule has 1 aliphatic heterocycles. The van der Waals surface area contributed by atoms with Gasteiger partial charge in [0.25, 0.3) is 0 Å². The Hall–Kier alpha value is -0.910. The lowest BCUT2D eigenvalue weighted by molar-refractivity contribution is -0.143. The molecule has 1 saturated heterocycles. The van der Waals surface area contributed by atoms with Crippen molar-refractivity contribution in [2.75, 3.05) is 19.7 Å². The van der Waals surface area contributed by atoms with Gasteiger partial charge in [0.1, 0.15) is 6.10 Å². The summed E-state index contributed by atoms with van der Waals surface area (Å²) in [6.07, 6.45) is -0.00458. The molecule has 0 saturated carbocycles. The van der Waals surface area contributed by atoms with Crippen molar-refractivity contribution in [1.29, 1.82) is 0 Å². The van der Waals surface area contributed by atoms with Crippen molar-refractivity contribution >= 4 is 17.2 Å². The van der Waals surface area contributed by atoms with Crippen molar-refractivity contribution in [3.8, 4) is 0 Å². The molecule has 1 aromatic rings. The molecule has 1 atom stereocenters. The van der Waals surface area contributed by atoms with E-state index in [4.69, 9.17) is 10.5 Å². The van der Waals surface area contributed by atoms with Crippen LogP contribution in [0.1, 0.15) is 24.8 Å². The van der Waals surface area contributed by atoms with E-state index in [-0.39, 0.29) is 12.0 Å². The van der Waals surface area contributed by atoms with Gasteiger partial charge in [0, 0.05) is 11.4 Å². The van der Waals surface area contributed by atoms with Crippen LogP contribution in [0.4, 0.5) is 0 Å². The summed E-state index contributed by atoms with van der Waals surface area (Å²) in [7, 11) is 0. The Kier molecular flexibility index (Phi) is 3.51. The summed E-state index contributed by atoms with van der Waals surface area (Å²) in [5, 5.41) is 2.02. The molecule has 0 aliphatic carbocycles. The van der Waals surface area contributed by atoms with Gasteiger partial charge in [0.2, 0.25) is 5.91 Å². The quantitative estimate of drug-likeness (QED) is 0.867. The highest BCUT2D eigenvalue weighted by molar-refractivity contribution is 7.10. The number of morpholine rings is 1. The maximum absolute atomic E-state index is 12.1. The van der Waals surface area contributed by atoms with E-state index >= 15 is 0 Å². The average molecular weight is 254 g/mol. The predicted octanol–water partition coefficient (Wildman–Crippen LogP) is 1.39. The molecule has 2 rings (SSSR count). The fourth-order valence-corrected chi connectivity index (χ4v) is 2.65. The summed E-state index contributed by atoms with van der Waals surface area (Å²) in [4.78, 5) is 15.0. The number of carbonyl (C=O) groups excluding carboxylic acids is 1. The van der Waals surface area contributed by atoms with E-state index in [1.165, 1.54) is 0 Å². The second-order valence-corrected chi connectivity index (χ2v) is 5.83. The molecule has 94 valence electrons. The van der Waals surface area contributed by atoms with Crippen LogP contribution in [-0.2, 0) is 9.53 Å². The van der Waals surface area contributed by atoms with Crippen LogP contribution in [0.15, 0.2) is 17.5 Å². The van der Waals surface area contributed by atoms with Gasteiger partial charge >= 0.3 is 0 Å². The first-order valence-electron chi connectivity index (χ1n) is 5.72. The predicted molar refractivity (Wildman–Crippen MR) is 67.9 cm³/mol. The molecular weight excluding hydrogens is 236 g/mol. The Balaban J connectivity index is 2.05. The molecule has 0 bridgehead atoms. The lowest BCUT2D eigenvalue weighted by atomic mass is 10.0. The molecule has 1 amide bonds. The largest absolute Gasteiger partial charge is 0.369 e. The highest BCUT2D eigenvalue weighted by Gasteiger charge is 2.32. The van der Waals surface area contributed by atoms with Crippen LogP contribution in [-0.4, -0.2) is 36.0 Å². The van der Waals surface area contributed by atoms with E-state index in [0.717, 1.165) is 4.88 Å². The lowest BCUT2D eigenvalue weighted by Crippen LogP contribution is -2.54. The highest BCUT2D eigenvalue weighted by atomic mass is 32.1. The first kappa shape index (κ1) is 12.5. The molecule has 1 fully saturated rings. The van der Waals surface area contributed by atoms with E-state index in [2.05, 4.69) is 0 Å². The number of hydrogen-bond donors (Lipinski definition) is 1. The molecule has 0 radical (unpaired) electrons. The molecule has 17 heavy (non-hydrogen) atoms. The van der Waals surface area contributed by atoms with Crippen LogP contribution in [0.25, 0.3) is 0 Å². The van der Waals surface area contributed by atoms with Crippen LogP contribution in [0, 0.1) is 0 Å². The summed E-state index contributed by atoms with van der Waals surface area (Å²) < 4.78 is 5.69. The fraction of sp³-hybridized carbons (Fsp3) is 0.583. The summed E-state index contributed by atoms with van der Waals surface area (Å²) in [5.41, 5.74) is 5.04. The van der Waals surface area contributed by atoms with Gasteiger partial charge in [-0.2, -0.15) is 0 Å². The van der Waals surface area contributed by atoms with Gasteiger partial charge in [-0.25, -0.2) is 0 Å². The minimum Gasteiger partial charge on any atom is -0.369 e. The number of rotatable bonds is 2. The Labute approximate surface area is 105 Å². The normalized spacial score (nSPS) is 21.6. The summed E-state index contributed by atoms with van der Waals surface area (Å²) in [6, 6.07) is 4.04. The lowest BCUT2D eigenvalue weighted by Gasteiger charge is -2.36. The number of hydrogen-bond acceptors (Lipinski definition) is 4. The molecular formula is C12H18N2O2S. The van der Waals surface area contributed by atoms with Gasteiger partial charge < -0.3 is 15.4 Å². The van der Waals surface area contributed by atoms with Crippen molar-refractivity contribution in [3.05, 3.63) is 22.4 Å². The molecule has 0 spiro atoms.